The first-order valence-corrected chi connectivity index (χ1v) is 28.7. The summed E-state index contributed by atoms with van der Waals surface area (Å²) in [5.41, 5.74) is 18.3. The van der Waals surface area contributed by atoms with E-state index < -0.39 is 6.85 Å². The predicted octanol–water partition coefficient (Wildman–Crippen LogP) is 20.3. The van der Waals surface area contributed by atoms with Gasteiger partial charge in [-0.1, -0.05) is 213 Å². The van der Waals surface area contributed by atoms with Crippen LogP contribution in [0, 0.1) is 19.0 Å². The topological polar surface area (TPSA) is 33.1 Å². The molecule has 0 amide bonds. The van der Waals surface area contributed by atoms with Gasteiger partial charge in [-0.15, -0.1) is 23.6 Å². The van der Waals surface area contributed by atoms with Crippen molar-refractivity contribution in [3.8, 4) is 61.8 Å². The van der Waals surface area contributed by atoms with Crippen molar-refractivity contribution in [2.75, 3.05) is 0 Å². The van der Waals surface area contributed by atoms with E-state index in [9.17, 15) is 0 Å². The zero-order valence-corrected chi connectivity index (χ0v) is 51.3. The first kappa shape index (κ1) is 51.7. The van der Waals surface area contributed by atoms with Crippen molar-refractivity contribution in [2.45, 2.75) is 111 Å². The molecule has 0 unspecified atom stereocenters. The van der Waals surface area contributed by atoms with Crippen molar-refractivity contribution < 1.29 is 29.9 Å². The SMILES string of the molecule is [2H]C([2H])([2H])c1cc(-n2c3[c-]c(Oc4[c-]c([N+]5=C=[N+](c6c(-c7ccccc7)cccc6-c6cc(-c7ccccc7)cc(C(C)(C)C)c6)c6ccccc65)ccc4)ccc3c3cc(C(C)(C)C)ccc32)ncc1-c1cccc2c1C(C)(C)CCC2(C)C.[Pt+2]. The molecule has 0 fully saturated rings. The maximum atomic E-state index is 9.06. The molecule has 9 aromatic carbocycles. The van der Waals surface area contributed by atoms with Crippen LogP contribution in [0.2, 0.25) is 0 Å². The van der Waals surface area contributed by atoms with E-state index in [4.69, 9.17) is 13.8 Å². The summed E-state index contributed by atoms with van der Waals surface area (Å²) >= 11 is 0. The molecule has 11 aromatic rings. The molecular formula is C77H70N4OPt+2. The average Bonchev–Trinajstić information content (AvgIpc) is 1.38. The molecule has 1 aliphatic heterocycles. The van der Waals surface area contributed by atoms with Gasteiger partial charge in [0.25, 0.3) is 11.4 Å². The number of hydrogen-bond donors (Lipinski definition) is 0. The zero-order valence-electron chi connectivity index (χ0n) is 52.0. The van der Waals surface area contributed by atoms with Gasteiger partial charge in [-0.3, -0.25) is 0 Å². The molecular weight excluding hydrogens is 1190 g/mol. The predicted molar refractivity (Wildman–Crippen MR) is 343 cm³/mol. The maximum Gasteiger partial charge on any atom is 2.00 e. The monoisotopic (exact) mass is 1260 g/mol. The van der Waals surface area contributed by atoms with Crippen LogP contribution >= 0.6 is 0 Å². The number of benzene rings is 9. The molecule has 0 bridgehead atoms. The van der Waals surface area contributed by atoms with E-state index in [0.29, 0.717) is 28.4 Å². The zero-order chi connectivity index (χ0) is 59.4. The summed E-state index contributed by atoms with van der Waals surface area (Å²) in [6.07, 6.45) is 3.83. The van der Waals surface area contributed by atoms with Crippen molar-refractivity contribution in [1.82, 2.24) is 18.7 Å². The minimum Gasteiger partial charge on any atom is -0.509 e. The van der Waals surface area contributed by atoms with Gasteiger partial charge >= 0.3 is 27.1 Å². The van der Waals surface area contributed by atoms with Gasteiger partial charge in [-0.25, -0.2) is 4.98 Å². The molecule has 0 N–H and O–H groups in total. The average molecular weight is 1270 g/mol. The number of aromatic nitrogens is 2. The fraction of sp³-hybridized carbons (Fsp3) is 0.221. The second-order valence-electron chi connectivity index (χ2n) is 25.7. The van der Waals surface area contributed by atoms with Gasteiger partial charge in [-0.2, -0.15) is 12.1 Å². The van der Waals surface area contributed by atoms with Gasteiger partial charge < -0.3 is 9.30 Å². The third-order valence-corrected chi connectivity index (χ3v) is 17.1. The van der Waals surface area contributed by atoms with Crippen LogP contribution in [0.5, 0.6) is 11.5 Å². The van der Waals surface area contributed by atoms with Gasteiger partial charge in [0.1, 0.15) is 11.5 Å². The second-order valence-corrected chi connectivity index (χ2v) is 25.7. The molecule has 2 aromatic heterocycles. The van der Waals surface area contributed by atoms with Gasteiger partial charge in [0.2, 0.25) is 5.69 Å². The number of ether oxygens (including phenoxy) is 1. The molecule has 2 aliphatic rings. The van der Waals surface area contributed by atoms with E-state index in [1.54, 1.807) is 12.3 Å². The minimum absolute atomic E-state index is 0. The number of para-hydroxylation sites is 3. The summed E-state index contributed by atoms with van der Waals surface area (Å²) in [5, 5.41) is 1.96. The Balaban J connectivity index is 0.00000724. The summed E-state index contributed by atoms with van der Waals surface area (Å²) in [4.78, 5) is 5.20. The van der Waals surface area contributed by atoms with Crippen LogP contribution in [-0.4, -0.2) is 15.6 Å². The van der Waals surface area contributed by atoms with Crippen molar-refractivity contribution >= 4 is 50.6 Å². The Hall–Kier alpha value is -8.20. The molecule has 83 heavy (non-hydrogen) atoms. The van der Waals surface area contributed by atoms with Crippen molar-refractivity contribution in [1.29, 1.82) is 0 Å². The number of nitrogens with zero attached hydrogens (tertiary/aromatic N) is 4. The van der Waals surface area contributed by atoms with Crippen molar-refractivity contribution in [3.63, 3.8) is 0 Å². The Bertz CT molecular complexity index is 4550. The molecule has 13 rings (SSSR count). The molecule has 0 spiro atoms. The van der Waals surface area contributed by atoms with Crippen LogP contribution in [0.25, 0.3) is 72.1 Å². The van der Waals surface area contributed by atoms with Crippen LogP contribution < -0.4 is 13.9 Å². The molecule has 1 aliphatic carbocycles. The number of pyridine rings is 1. The standard InChI is InChI=1S/C77H70N4O.Pt/c1-50-41-71(78-48-65(50)63-31-22-32-66-72(63)77(10,11)40-39-76(66,8)9)81-67-38-35-55(74(2,3)4)45-64(67)62-37-36-59(47-70(62)81)82-58-28-20-27-57(46-58)79-49-80(69-34-19-18-33-68(69)79)73-60(52-25-16-13-17-26-52)29-21-30-61(73)54-42-53(51-23-14-12-15-24-51)43-56(44-54)75(5,6)7;/h12-38,41-45,48H,39-40H2,1-11H3;/q;+2/i1D3;. The quantitative estimate of drug-likeness (QED) is 0.107. The fourth-order valence-electron chi connectivity index (χ4n) is 12.5. The van der Waals surface area contributed by atoms with E-state index in [1.165, 1.54) is 27.8 Å². The number of rotatable bonds is 9. The Kier molecular flexibility index (Phi) is 13.0. The van der Waals surface area contributed by atoms with Crippen LogP contribution in [-0.2, 0) is 42.7 Å². The van der Waals surface area contributed by atoms with E-state index in [1.807, 2.05) is 28.8 Å². The smallest absolute Gasteiger partial charge is 0.509 e. The summed E-state index contributed by atoms with van der Waals surface area (Å²) in [5.74, 6) is 1.45. The van der Waals surface area contributed by atoms with E-state index in [-0.39, 0.29) is 48.3 Å². The first-order valence-electron chi connectivity index (χ1n) is 30.2. The number of fused-ring (bicyclic) bond motifs is 5. The number of hydrogen-bond acceptors (Lipinski definition) is 2. The summed E-state index contributed by atoms with van der Waals surface area (Å²) in [6, 6.07) is 79.0. The molecule has 3 heterocycles. The Labute approximate surface area is 508 Å². The molecule has 0 saturated heterocycles. The van der Waals surface area contributed by atoms with Crippen LogP contribution in [0.3, 0.4) is 0 Å². The van der Waals surface area contributed by atoms with Gasteiger partial charge in [0, 0.05) is 45.0 Å². The Morgan fingerprint density at radius 2 is 1.17 bits per heavy atom. The molecule has 412 valence electrons. The summed E-state index contributed by atoms with van der Waals surface area (Å²) < 4.78 is 40.3. The van der Waals surface area contributed by atoms with Crippen LogP contribution in [0.15, 0.2) is 200 Å². The molecule has 0 atom stereocenters. The van der Waals surface area contributed by atoms with Gasteiger partial charge in [0.15, 0.2) is 0 Å². The summed E-state index contributed by atoms with van der Waals surface area (Å²) in [7, 11) is 0. The normalized spacial score (nSPS) is 15.1. The maximum absolute atomic E-state index is 9.06. The van der Waals surface area contributed by atoms with Crippen molar-refractivity contribution in [2.24, 2.45) is 0 Å². The van der Waals surface area contributed by atoms with Crippen LogP contribution in [0.1, 0.15) is 114 Å². The summed E-state index contributed by atoms with van der Waals surface area (Å²) in [6.45, 7) is 20.2. The largest absolute Gasteiger partial charge is 2.00 e. The molecule has 0 saturated carbocycles. The first-order chi connectivity index (χ1) is 40.5. The van der Waals surface area contributed by atoms with Crippen molar-refractivity contribution in [3.05, 3.63) is 240 Å². The minimum atomic E-state index is -2.44. The second kappa shape index (κ2) is 20.9. The van der Waals surface area contributed by atoms with E-state index >= 15 is 0 Å². The molecule has 6 heteroatoms. The number of aryl methyl sites for hydroxylation is 1. The van der Waals surface area contributed by atoms with E-state index in [0.717, 1.165) is 85.3 Å². The third-order valence-electron chi connectivity index (χ3n) is 17.1. The molecule has 5 nitrogen and oxygen atoms in total. The Morgan fingerprint density at radius 3 is 1.89 bits per heavy atom. The van der Waals surface area contributed by atoms with Gasteiger partial charge in [0.05, 0.1) is 11.1 Å². The molecule has 0 radical (unpaired) electrons. The Morgan fingerprint density at radius 1 is 0.542 bits per heavy atom. The third kappa shape index (κ3) is 10.0. The fourth-order valence-corrected chi connectivity index (χ4v) is 12.5. The van der Waals surface area contributed by atoms with Gasteiger partial charge in [-0.05, 0) is 137 Å². The van der Waals surface area contributed by atoms with E-state index in [2.05, 4.69) is 260 Å². The van der Waals surface area contributed by atoms with Crippen LogP contribution in [0.4, 0.5) is 22.7 Å².